The maximum Gasteiger partial charge on any atom is 0.135 e. The van der Waals surface area contributed by atoms with E-state index >= 15 is 0 Å². The molecule has 4 rings (SSSR count). The van der Waals surface area contributed by atoms with Crippen LogP contribution in [0.3, 0.4) is 0 Å². The predicted molar refractivity (Wildman–Crippen MR) is 117 cm³/mol. The zero-order chi connectivity index (χ0) is 19.7. The molecule has 28 heavy (non-hydrogen) atoms. The quantitative estimate of drug-likeness (QED) is 0.576. The van der Waals surface area contributed by atoms with Gasteiger partial charge in [0.15, 0.2) is 0 Å². The van der Waals surface area contributed by atoms with Crippen LogP contribution in [0.15, 0.2) is 65.7 Å². The van der Waals surface area contributed by atoms with Crippen LogP contribution in [0.2, 0.25) is 0 Å². The normalized spacial score (nSPS) is 15.4. The first-order chi connectivity index (χ1) is 13.6. The second-order valence-corrected chi connectivity index (χ2v) is 7.89. The monoisotopic (exact) mass is 389 g/mol. The highest BCUT2D eigenvalue weighted by Gasteiger charge is 2.32. The fourth-order valence-corrected chi connectivity index (χ4v) is 4.30. The minimum atomic E-state index is 0.220. The van der Waals surface area contributed by atoms with E-state index < -0.39 is 0 Å². The third-order valence-corrected chi connectivity index (χ3v) is 6.12. The highest BCUT2D eigenvalue weighted by Crippen LogP contribution is 2.33. The average molecular weight is 390 g/mol. The number of benzene rings is 2. The zero-order valence-corrected chi connectivity index (χ0v) is 16.8. The highest BCUT2D eigenvalue weighted by molar-refractivity contribution is 7.11. The molecule has 2 heterocycles. The Kier molecular flexibility index (Phi) is 5.01. The summed E-state index contributed by atoms with van der Waals surface area (Å²) in [6, 6.07) is 18.8. The van der Waals surface area contributed by atoms with Crippen molar-refractivity contribution in [1.82, 2.24) is 9.88 Å². The number of hydrogen-bond acceptors (Lipinski definition) is 4. The molecule has 3 aromatic rings. The maximum atomic E-state index is 10.4. The zero-order valence-electron chi connectivity index (χ0n) is 16.0. The van der Waals surface area contributed by atoms with E-state index in [0.29, 0.717) is 23.0 Å². The van der Waals surface area contributed by atoms with E-state index in [-0.39, 0.29) is 11.8 Å². The summed E-state index contributed by atoms with van der Waals surface area (Å²) in [4.78, 5) is 6.65. The molecule has 1 aliphatic heterocycles. The second-order valence-electron chi connectivity index (χ2n) is 7.04. The Balaban J connectivity index is 1.58. The largest absolute Gasteiger partial charge is 0.510 e. The van der Waals surface area contributed by atoms with Gasteiger partial charge >= 0.3 is 0 Å². The van der Waals surface area contributed by atoms with Gasteiger partial charge < -0.3 is 10.0 Å². The van der Waals surface area contributed by atoms with Gasteiger partial charge in [0.1, 0.15) is 16.6 Å². The molecule has 1 aliphatic rings. The van der Waals surface area contributed by atoms with Crippen LogP contribution in [0.4, 0.5) is 0 Å². The summed E-state index contributed by atoms with van der Waals surface area (Å²) in [5, 5.41) is 21.6. The molecule has 0 aliphatic carbocycles. The summed E-state index contributed by atoms with van der Waals surface area (Å²) in [5.74, 6) is 0.609. The molecule has 4 nitrogen and oxygen atoms in total. The lowest BCUT2D eigenvalue weighted by Crippen LogP contribution is -2.34. The van der Waals surface area contributed by atoms with Gasteiger partial charge in [-0.15, -0.1) is 11.3 Å². The Hall–Kier alpha value is -2.92. The molecule has 0 bridgehead atoms. The average Bonchev–Trinajstić information content (AvgIpc) is 3.32. The van der Waals surface area contributed by atoms with Crippen molar-refractivity contribution in [2.45, 2.75) is 26.3 Å². The van der Waals surface area contributed by atoms with Crippen LogP contribution in [0.1, 0.15) is 25.3 Å². The molecule has 5 heteroatoms. The highest BCUT2D eigenvalue weighted by atomic mass is 32.1. The van der Waals surface area contributed by atoms with Gasteiger partial charge in [0.25, 0.3) is 0 Å². The summed E-state index contributed by atoms with van der Waals surface area (Å²) >= 11 is 1.47. The van der Waals surface area contributed by atoms with Crippen LogP contribution in [-0.4, -0.2) is 33.4 Å². The fourth-order valence-electron chi connectivity index (χ4n) is 3.41. The van der Waals surface area contributed by atoms with E-state index in [2.05, 4.69) is 50.2 Å². The molecule has 0 saturated heterocycles. The van der Waals surface area contributed by atoms with E-state index in [1.807, 2.05) is 28.5 Å². The summed E-state index contributed by atoms with van der Waals surface area (Å²) in [7, 11) is 0. The third-order valence-electron chi connectivity index (χ3n) is 5.26. The molecule has 142 valence electrons. The van der Waals surface area contributed by atoms with Crippen LogP contribution in [0.25, 0.3) is 28.0 Å². The minimum Gasteiger partial charge on any atom is -0.510 e. The smallest absolute Gasteiger partial charge is 0.135 e. The molecular weight excluding hydrogens is 366 g/mol. The summed E-state index contributed by atoms with van der Waals surface area (Å²) in [6.45, 7) is 4.56. The SMILES string of the molecule is CC[C@@H](C)N1CC(O)=C(c2nc(-c3ccc(-c4ccccc4)cc3)cs2)C1=N. The van der Waals surface area contributed by atoms with E-state index in [1.54, 1.807) is 0 Å². The summed E-state index contributed by atoms with van der Waals surface area (Å²) < 4.78 is 0. The molecule has 0 fully saturated rings. The number of rotatable bonds is 5. The van der Waals surface area contributed by atoms with E-state index in [0.717, 1.165) is 17.7 Å². The molecule has 2 N–H and O–H groups in total. The maximum absolute atomic E-state index is 10.4. The molecule has 2 aromatic carbocycles. The molecule has 0 spiro atoms. The number of aliphatic hydroxyl groups is 1. The van der Waals surface area contributed by atoms with Crippen molar-refractivity contribution < 1.29 is 5.11 Å². The lowest BCUT2D eigenvalue weighted by molar-refractivity contribution is 0.301. The molecule has 0 unspecified atom stereocenters. The van der Waals surface area contributed by atoms with Crippen LogP contribution < -0.4 is 0 Å². The Bertz CT molecular complexity index is 1020. The van der Waals surface area contributed by atoms with Crippen molar-refractivity contribution in [3.05, 3.63) is 70.7 Å². The van der Waals surface area contributed by atoms with Gasteiger partial charge in [-0.2, -0.15) is 0 Å². The van der Waals surface area contributed by atoms with Gasteiger partial charge in [0, 0.05) is 17.0 Å². The molecule has 0 saturated carbocycles. The van der Waals surface area contributed by atoms with Gasteiger partial charge in [-0.25, -0.2) is 4.98 Å². The van der Waals surface area contributed by atoms with E-state index in [4.69, 9.17) is 10.4 Å². The number of hydrogen-bond donors (Lipinski definition) is 2. The molecule has 0 radical (unpaired) electrons. The molecular formula is C23H23N3OS. The van der Waals surface area contributed by atoms with Crippen molar-refractivity contribution in [3.63, 3.8) is 0 Å². The first-order valence-corrected chi connectivity index (χ1v) is 10.4. The van der Waals surface area contributed by atoms with Gasteiger partial charge in [-0.05, 0) is 24.5 Å². The lowest BCUT2D eigenvalue weighted by atomic mass is 10.0. The van der Waals surface area contributed by atoms with Gasteiger partial charge in [0.2, 0.25) is 0 Å². The van der Waals surface area contributed by atoms with Crippen LogP contribution >= 0.6 is 11.3 Å². The topological polar surface area (TPSA) is 60.2 Å². The van der Waals surface area contributed by atoms with Crippen LogP contribution in [0, 0.1) is 5.41 Å². The van der Waals surface area contributed by atoms with Crippen LogP contribution in [-0.2, 0) is 0 Å². The predicted octanol–water partition coefficient (Wildman–Crippen LogP) is 5.84. The Morgan fingerprint density at radius 3 is 2.39 bits per heavy atom. The Morgan fingerprint density at radius 1 is 1.07 bits per heavy atom. The van der Waals surface area contributed by atoms with E-state index in [1.165, 1.54) is 22.5 Å². The number of amidine groups is 1. The number of aromatic nitrogens is 1. The number of nitrogens with one attached hydrogen (secondary N) is 1. The lowest BCUT2D eigenvalue weighted by Gasteiger charge is -2.25. The number of nitrogens with zero attached hydrogens (tertiary/aromatic N) is 2. The fraction of sp³-hybridized carbons (Fsp3) is 0.217. The third kappa shape index (κ3) is 3.34. The first-order valence-electron chi connectivity index (χ1n) is 9.48. The number of aliphatic hydroxyl groups excluding tert-OH is 1. The van der Waals surface area contributed by atoms with Crippen LogP contribution in [0.5, 0.6) is 0 Å². The van der Waals surface area contributed by atoms with Gasteiger partial charge in [-0.3, -0.25) is 5.41 Å². The van der Waals surface area contributed by atoms with Crippen molar-refractivity contribution in [2.24, 2.45) is 0 Å². The number of thiazole rings is 1. The van der Waals surface area contributed by atoms with Crippen molar-refractivity contribution in [1.29, 1.82) is 5.41 Å². The van der Waals surface area contributed by atoms with E-state index in [9.17, 15) is 5.11 Å². The van der Waals surface area contributed by atoms with Crippen molar-refractivity contribution in [3.8, 4) is 22.4 Å². The molecule has 1 atom stereocenters. The Labute approximate surface area is 169 Å². The summed E-state index contributed by atoms with van der Waals surface area (Å²) in [6.07, 6.45) is 0.930. The second kappa shape index (κ2) is 7.60. The Morgan fingerprint density at radius 2 is 1.71 bits per heavy atom. The van der Waals surface area contributed by atoms with Gasteiger partial charge in [-0.1, -0.05) is 61.5 Å². The minimum absolute atomic E-state index is 0.220. The molecule has 1 aromatic heterocycles. The molecule has 0 amide bonds. The van der Waals surface area contributed by atoms with Crippen molar-refractivity contribution >= 4 is 22.7 Å². The first kappa shape index (κ1) is 18.4. The van der Waals surface area contributed by atoms with Crippen molar-refractivity contribution in [2.75, 3.05) is 6.54 Å². The van der Waals surface area contributed by atoms with Gasteiger partial charge in [0.05, 0.1) is 17.8 Å². The standard InChI is InChI=1S/C23H23N3OS/c1-3-15(2)26-13-20(27)21(22(26)24)23-25-19(14-28-23)18-11-9-17(10-12-18)16-7-5-4-6-8-16/h4-12,14-15,24,27H,3,13H2,1-2H3/t15-/m1/s1. The summed E-state index contributed by atoms with van der Waals surface area (Å²) in [5.41, 5.74) is 4.83.